The SMILES string of the molecule is N#CC12C(=O)NC(=O)C1(C#N)C2C(=O)c1ccccc1. The lowest BCUT2D eigenvalue weighted by Crippen LogP contribution is -2.34. The Balaban J connectivity index is 2.12. The molecule has 1 N–H and O–H groups in total. The van der Waals surface area contributed by atoms with Gasteiger partial charge in [0.05, 0.1) is 18.1 Å². The van der Waals surface area contributed by atoms with E-state index < -0.39 is 34.3 Å². The van der Waals surface area contributed by atoms with Crippen molar-refractivity contribution in [3.05, 3.63) is 35.9 Å². The molecular formula is C14H7N3O3. The lowest BCUT2D eigenvalue weighted by Gasteiger charge is -2.06. The minimum atomic E-state index is -1.88. The Morgan fingerprint density at radius 2 is 1.55 bits per heavy atom. The van der Waals surface area contributed by atoms with Gasteiger partial charge in [-0.15, -0.1) is 0 Å². The van der Waals surface area contributed by atoms with E-state index in [1.165, 1.54) is 12.1 Å². The fourth-order valence-electron chi connectivity index (χ4n) is 2.96. The van der Waals surface area contributed by atoms with Crippen molar-refractivity contribution < 1.29 is 14.4 Å². The second-order valence-corrected chi connectivity index (χ2v) is 4.79. The highest BCUT2D eigenvalue weighted by molar-refractivity contribution is 6.24. The fourth-order valence-corrected chi connectivity index (χ4v) is 2.96. The van der Waals surface area contributed by atoms with Crippen LogP contribution in [0.25, 0.3) is 0 Å². The Morgan fingerprint density at radius 1 is 1.05 bits per heavy atom. The predicted octanol–water partition coefficient (Wildman–Crippen LogP) is 0.175. The van der Waals surface area contributed by atoms with E-state index in [0.717, 1.165) is 0 Å². The third-order valence-electron chi connectivity index (χ3n) is 4.02. The quantitative estimate of drug-likeness (QED) is 0.605. The Kier molecular flexibility index (Phi) is 2.12. The van der Waals surface area contributed by atoms with Gasteiger partial charge >= 0.3 is 0 Å². The van der Waals surface area contributed by atoms with E-state index >= 15 is 0 Å². The van der Waals surface area contributed by atoms with E-state index in [1.54, 1.807) is 30.3 Å². The van der Waals surface area contributed by atoms with Crippen molar-refractivity contribution in [1.82, 2.24) is 5.32 Å². The van der Waals surface area contributed by atoms with Gasteiger partial charge in [0.1, 0.15) is 0 Å². The van der Waals surface area contributed by atoms with E-state index in [-0.39, 0.29) is 5.56 Å². The summed E-state index contributed by atoms with van der Waals surface area (Å²) in [5.74, 6) is -3.48. The first-order valence-electron chi connectivity index (χ1n) is 5.84. The number of hydrogen-bond donors (Lipinski definition) is 1. The lowest BCUT2D eigenvalue weighted by molar-refractivity contribution is -0.129. The molecule has 0 bridgehead atoms. The molecule has 1 aromatic carbocycles. The maximum atomic E-state index is 12.4. The zero-order chi connectivity index (χ0) is 14.5. The van der Waals surface area contributed by atoms with Crippen molar-refractivity contribution in [2.24, 2.45) is 16.7 Å². The van der Waals surface area contributed by atoms with Crippen LogP contribution in [0.4, 0.5) is 0 Å². The van der Waals surface area contributed by atoms with Gasteiger partial charge in [-0.05, 0) is 0 Å². The van der Waals surface area contributed by atoms with Crippen molar-refractivity contribution in [2.45, 2.75) is 0 Å². The van der Waals surface area contributed by atoms with E-state index in [4.69, 9.17) is 0 Å². The minimum absolute atomic E-state index is 0.275. The van der Waals surface area contributed by atoms with Crippen molar-refractivity contribution in [3.63, 3.8) is 0 Å². The molecule has 2 unspecified atom stereocenters. The molecular weight excluding hydrogens is 258 g/mol. The van der Waals surface area contributed by atoms with Crippen molar-refractivity contribution >= 4 is 17.6 Å². The number of Topliss-reactive ketones (excluding diaryl/α,β-unsaturated/α-hetero) is 1. The summed E-state index contributed by atoms with van der Waals surface area (Å²) in [6.45, 7) is 0. The Bertz CT molecular complexity index is 705. The fraction of sp³-hybridized carbons (Fsp3) is 0.214. The number of hydrogen-bond acceptors (Lipinski definition) is 5. The number of benzene rings is 1. The minimum Gasteiger partial charge on any atom is -0.294 e. The smallest absolute Gasteiger partial charge is 0.250 e. The van der Waals surface area contributed by atoms with Crippen LogP contribution in [0.3, 0.4) is 0 Å². The number of piperidine rings is 1. The van der Waals surface area contributed by atoms with Gasteiger partial charge in [0.2, 0.25) is 11.8 Å². The van der Waals surface area contributed by atoms with Crippen LogP contribution in [0.5, 0.6) is 0 Å². The summed E-state index contributed by atoms with van der Waals surface area (Å²) < 4.78 is 0. The van der Waals surface area contributed by atoms with Crippen molar-refractivity contribution in [2.75, 3.05) is 0 Å². The molecule has 6 heteroatoms. The lowest BCUT2D eigenvalue weighted by atomic mass is 9.98. The van der Waals surface area contributed by atoms with Crippen LogP contribution >= 0.6 is 0 Å². The Labute approximate surface area is 113 Å². The molecule has 1 saturated heterocycles. The van der Waals surface area contributed by atoms with Crippen LogP contribution in [0, 0.1) is 39.4 Å². The summed E-state index contributed by atoms with van der Waals surface area (Å²) in [4.78, 5) is 36.1. The van der Waals surface area contributed by atoms with Crippen LogP contribution in [-0.2, 0) is 9.59 Å². The molecule has 20 heavy (non-hydrogen) atoms. The molecule has 1 aliphatic heterocycles. The number of nitrogens with zero attached hydrogens (tertiary/aromatic N) is 2. The molecule has 2 atom stereocenters. The maximum Gasteiger partial charge on any atom is 0.250 e. The Hall–Kier alpha value is -2.99. The number of rotatable bonds is 2. The van der Waals surface area contributed by atoms with Gasteiger partial charge in [0, 0.05) is 5.56 Å². The van der Waals surface area contributed by atoms with E-state index in [0.29, 0.717) is 0 Å². The average Bonchev–Trinajstić information content (AvgIpc) is 3.05. The molecule has 0 radical (unpaired) electrons. The van der Waals surface area contributed by atoms with Gasteiger partial charge < -0.3 is 0 Å². The van der Waals surface area contributed by atoms with Gasteiger partial charge in [-0.3, -0.25) is 19.7 Å². The first-order chi connectivity index (χ1) is 9.56. The number of carbonyl (C=O) groups is 3. The number of fused-ring (bicyclic) bond motifs is 1. The number of imide groups is 1. The Morgan fingerprint density at radius 3 is 2.00 bits per heavy atom. The third kappa shape index (κ3) is 1.01. The normalized spacial score (nSPS) is 33.6. The standard InChI is InChI=1S/C14H7N3O3/c15-6-13-10(9(18)8-4-2-1-3-5-8)14(13,7-16)12(20)17-11(13)19/h1-5,10H,(H,17,19,20). The van der Waals surface area contributed by atoms with E-state index in [1.807, 2.05) is 5.32 Å². The van der Waals surface area contributed by atoms with Gasteiger partial charge in [0.25, 0.3) is 0 Å². The molecule has 0 spiro atoms. The summed E-state index contributed by atoms with van der Waals surface area (Å²) in [5, 5.41) is 20.5. The number of nitriles is 2. The second kappa shape index (κ2) is 3.52. The van der Waals surface area contributed by atoms with Gasteiger partial charge in [-0.25, -0.2) is 0 Å². The zero-order valence-corrected chi connectivity index (χ0v) is 10.1. The summed E-state index contributed by atoms with van der Waals surface area (Å²) >= 11 is 0. The molecule has 2 aliphatic rings. The number of nitrogens with one attached hydrogen (secondary N) is 1. The molecule has 6 nitrogen and oxygen atoms in total. The molecule has 0 aromatic heterocycles. The van der Waals surface area contributed by atoms with Crippen LogP contribution in [0.15, 0.2) is 30.3 Å². The highest BCUT2D eigenvalue weighted by Crippen LogP contribution is 2.72. The van der Waals surface area contributed by atoms with Crippen LogP contribution < -0.4 is 5.32 Å². The maximum absolute atomic E-state index is 12.4. The number of amides is 2. The zero-order valence-electron chi connectivity index (χ0n) is 10.1. The average molecular weight is 265 g/mol. The topological polar surface area (TPSA) is 111 Å². The monoisotopic (exact) mass is 265 g/mol. The first kappa shape index (κ1) is 12.1. The molecule has 96 valence electrons. The second-order valence-electron chi connectivity index (χ2n) is 4.79. The first-order valence-corrected chi connectivity index (χ1v) is 5.84. The third-order valence-corrected chi connectivity index (χ3v) is 4.02. The summed E-state index contributed by atoms with van der Waals surface area (Å²) in [6, 6.07) is 11.4. The largest absolute Gasteiger partial charge is 0.294 e. The molecule has 1 aromatic rings. The molecule has 1 saturated carbocycles. The van der Waals surface area contributed by atoms with Crippen LogP contribution in [0.2, 0.25) is 0 Å². The molecule has 3 rings (SSSR count). The summed E-state index contributed by atoms with van der Waals surface area (Å²) in [5.41, 5.74) is -3.49. The predicted molar refractivity (Wildman–Crippen MR) is 63.5 cm³/mol. The number of carbonyl (C=O) groups excluding carboxylic acids is 3. The summed E-state index contributed by atoms with van der Waals surface area (Å²) in [7, 11) is 0. The van der Waals surface area contributed by atoms with Crippen molar-refractivity contribution in [1.29, 1.82) is 10.5 Å². The summed E-state index contributed by atoms with van der Waals surface area (Å²) in [6.07, 6.45) is 0. The van der Waals surface area contributed by atoms with Gasteiger partial charge in [0.15, 0.2) is 16.6 Å². The van der Waals surface area contributed by atoms with Gasteiger partial charge in [-0.1, -0.05) is 30.3 Å². The van der Waals surface area contributed by atoms with E-state index in [2.05, 4.69) is 0 Å². The van der Waals surface area contributed by atoms with Gasteiger partial charge in [-0.2, -0.15) is 10.5 Å². The molecule has 2 fully saturated rings. The highest BCUT2D eigenvalue weighted by Gasteiger charge is 2.92. The molecule has 1 heterocycles. The van der Waals surface area contributed by atoms with Crippen LogP contribution in [-0.4, -0.2) is 17.6 Å². The van der Waals surface area contributed by atoms with Crippen LogP contribution in [0.1, 0.15) is 10.4 Å². The molecule has 2 amide bonds. The highest BCUT2D eigenvalue weighted by atomic mass is 16.2. The molecule has 1 aliphatic carbocycles. The van der Waals surface area contributed by atoms with Crippen molar-refractivity contribution in [3.8, 4) is 12.1 Å². The van der Waals surface area contributed by atoms with E-state index in [9.17, 15) is 24.9 Å². The number of ketones is 1.